The van der Waals surface area contributed by atoms with Crippen LogP contribution in [0.5, 0.6) is 5.75 Å². The number of hydrogen-bond acceptors (Lipinski definition) is 3. The predicted molar refractivity (Wildman–Crippen MR) is 106 cm³/mol. The lowest BCUT2D eigenvalue weighted by Gasteiger charge is -2.29. The molecule has 0 radical (unpaired) electrons. The minimum atomic E-state index is -0.162. The summed E-state index contributed by atoms with van der Waals surface area (Å²) in [6.45, 7) is 2.19. The SMILES string of the molecule is C[C@@H]1CCCC[C@@H]1NC(=O)COc1ccc(NC(=O)c2ccccc2)cc1. The summed E-state index contributed by atoms with van der Waals surface area (Å²) >= 11 is 0. The van der Waals surface area contributed by atoms with Gasteiger partial charge < -0.3 is 15.4 Å². The molecule has 2 aromatic rings. The van der Waals surface area contributed by atoms with Gasteiger partial charge in [-0.1, -0.05) is 38.0 Å². The molecule has 2 N–H and O–H groups in total. The zero-order chi connectivity index (χ0) is 19.1. The highest BCUT2D eigenvalue weighted by molar-refractivity contribution is 6.04. The van der Waals surface area contributed by atoms with Gasteiger partial charge in [-0.25, -0.2) is 0 Å². The zero-order valence-corrected chi connectivity index (χ0v) is 15.6. The molecule has 1 aliphatic rings. The summed E-state index contributed by atoms with van der Waals surface area (Å²) in [5.41, 5.74) is 1.28. The molecule has 5 heteroatoms. The van der Waals surface area contributed by atoms with Gasteiger partial charge in [0.05, 0.1) is 0 Å². The second kappa shape index (κ2) is 9.21. The van der Waals surface area contributed by atoms with E-state index >= 15 is 0 Å². The van der Waals surface area contributed by atoms with Gasteiger partial charge in [0, 0.05) is 17.3 Å². The molecule has 0 aliphatic heterocycles. The van der Waals surface area contributed by atoms with Gasteiger partial charge in [-0.05, 0) is 55.2 Å². The van der Waals surface area contributed by atoms with E-state index in [1.54, 1.807) is 36.4 Å². The first-order valence-electron chi connectivity index (χ1n) is 9.50. The average Bonchev–Trinajstić information content (AvgIpc) is 2.70. The van der Waals surface area contributed by atoms with Crippen molar-refractivity contribution in [3.63, 3.8) is 0 Å². The smallest absolute Gasteiger partial charge is 0.258 e. The Bertz CT molecular complexity index is 759. The Hall–Kier alpha value is -2.82. The second-order valence-electron chi connectivity index (χ2n) is 7.07. The van der Waals surface area contributed by atoms with E-state index in [1.165, 1.54) is 19.3 Å². The molecule has 1 saturated carbocycles. The first-order chi connectivity index (χ1) is 13.1. The van der Waals surface area contributed by atoms with Gasteiger partial charge in [-0.15, -0.1) is 0 Å². The molecule has 0 bridgehead atoms. The van der Waals surface area contributed by atoms with Crippen LogP contribution in [-0.2, 0) is 4.79 Å². The molecular weight excluding hydrogens is 340 g/mol. The van der Waals surface area contributed by atoms with Crippen molar-refractivity contribution in [1.82, 2.24) is 5.32 Å². The molecule has 2 aromatic carbocycles. The third-order valence-electron chi connectivity index (χ3n) is 4.98. The van der Waals surface area contributed by atoms with E-state index in [4.69, 9.17) is 4.74 Å². The number of carbonyl (C=O) groups is 2. The molecule has 0 saturated heterocycles. The standard InChI is InChI=1S/C22H26N2O3/c1-16-7-5-6-10-20(16)24-21(25)15-27-19-13-11-18(12-14-19)23-22(26)17-8-3-2-4-9-17/h2-4,8-9,11-14,16,20H,5-7,10,15H2,1H3,(H,23,26)(H,24,25)/t16-,20+/m1/s1. The summed E-state index contributed by atoms with van der Waals surface area (Å²) < 4.78 is 5.56. The lowest BCUT2D eigenvalue weighted by Crippen LogP contribution is -2.43. The van der Waals surface area contributed by atoms with Gasteiger partial charge in [-0.3, -0.25) is 9.59 Å². The molecule has 2 atom stereocenters. The van der Waals surface area contributed by atoms with Crippen LogP contribution in [0.1, 0.15) is 43.0 Å². The van der Waals surface area contributed by atoms with Crippen LogP contribution in [0, 0.1) is 5.92 Å². The zero-order valence-electron chi connectivity index (χ0n) is 15.6. The summed E-state index contributed by atoms with van der Waals surface area (Å²) in [6, 6.07) is 16.3. The Morgan fingerprint density at radius 2 is 1.70 bits per heavy atom. The fraction of sp³-hybridized carbons (Fsp3) is 0.364. The summed E-state index contributed by atoms with van der Waals surface area (Å²) in [5.74, 6) is 0.871. The van der Waals surface area contributed by atoms with Gasteiger partial charge in [0.15, 0.2) is 6.61 Å². The number of amides is 2. The van der Waals surface area contributed by atoms with Gasteiger partial charge in [-0.2, -0.15) is 0 Å². The van der Waals surface area contributed by atoms with E-state index in [1.807, 2.05) is 18.2 Å². The van der Waals surface area contributed by atoms with Crippen LogP contribution >= 0.6 is 0 Å². The minimum Gasteiger partial charge on any atom is -0.484 e. The Morgan fingerprint density at radius 1 is 1.00 bits per heavy atom. The highest BCUT2D eigenvalue weighted by Gasteiger charge is 2.22. The van der Waals surface area contributed by atoms with E-state index in [-0.39, 0.29) is 24.5 Å². The van der Waals surface area contributed by atoms with Gasteiger partial charge in [0.1, 0.15) is 5.75 Å². The van der Waals surface area contributed by atoms with Crippen molar-refractivity contribution in [2.24, 2.45) is 5.92 Å². The van der Waals surface area contributed by atoms with Crippen molar-refractivity contribution in [2.45, 2.75) is 38.6 Å². The highest BCUT2D eigenvalue weighted by Crippen LogP contribution is 2.23. The van der Waals surface area contributed by atoms with Crippen LogP contribution in [0.4, 0.5) is 5.69 Å². The fourth-order valence-corrected chi connectivity index (χ4v) is 3.36. The number of benzene rings is 2. The number of anilines is 1. The molecule has 2 amide bonds. The molecule has 0 aromatic heterocycles. The Balaban J connectivity index is 1.46. The van der Waals surface area contributed by atoms with Gasteiger partial charge in [0.2, 0.25) is 0 Å². The van der Waals surface area contributed by atoms with Gasteiger partial charge >= 0.3 is 0 Å². The lowest BCUT2D eigenvalue weighted by atomic mass is 9.86. The third-order valence-corrected chi connectivity index (χ3v) is 4.98. The fourth-order valence-electron chi connectivity index (χ4n) is 3.36. The second-order valence-corrected chi connectivity index (χ2v) is 7.07. The summed E-state index contributed by atoms with van der Waals surface area (Å²) in [7, 11) is 0. The molecule has 3 rings (SSSR count). The van der Waals surface area contributed by atoms with Crippen LogP contribution in [0.2, 0.25) is 0 Å². The van der Waals surface area contributed by atoms with E-state index in [0.29, 0.717) is 22.9 Å². The monoisotopic (exact) mass is 366 g/mol. The average molecular weight is 366 g/mol. The normalized spacial score (nSPS) is 19.1. The van der Waals surface area contributed by atoms with Crippen molar-refractivity contribution in [2.75, 3.05) is 11.9 Å². The van der Waals surface area contributed by atoms with E-state index in [0.717, 1.165) is 6.42 Å². The number of rotatable bonds is 6. The molecular formula is C22H26N2O3. The van der Waals surface area contributed by atoms with Crippen LogP contribution < -0.4 is 15.4 Å². The quantitative estimate of drug-likeness (QED) is 0.812. The molecule has 5 nitrogen and oxygen atoms in total. The van der Waals surface area contributed by atoms with Crippen LogP contribution in [0.15, 0.2) is 54.6 Å². The number of hydrogen-bond donors (Lipinski definition) is 2. The van der Waals surface area contributed by atoms with E-state index in [9.17, 15) is 9.59 Å². The van der Waals surface area contributed by atoms with Gasteiger partial charge in [0.25, 0.3) is 11.8 Å². The maximum atomic E-state index is 12.1. The van der Waals surface area contributed by atoms with E-state index < -0.39 is 0 Å². The van der Waals surface area contributed by atoms with Crippen molar-refractivity contribution >= 4 is 17.5 Å². The third kappa shape index (κ3) is 5.58. The molecule has 1 fully saturated rings. The van der Waals surface area contributed by atoms with Crippen LogP contribution in [0.3, 0.4) is 0 Å². The molecule has 27 heavy (non-hydrogen) atoms. The maximum Gasteiger partial charge on any atom is 0.258 e. The summed E-state index contributed by atoms with van der Waals surface area (Å²) in [6.07, 6.45) is 4.63. The highest BCUT2D eigenvalue weighted by atomic mass is 16.5. The van der Waals surface area contributed by atoms with E-state index in [2.05, 4.69) is 17.6 Å². The molecule has 0 spiro atoms. The van der Waals surface area contributed by atoms with Crippen LogP contribution in [0.25, 0.3) is 0 Å². The predicted octanol–water partition coefficient (Wildman–Crippen LogP) is 4.01. The molecule has 0 unspecified atom stereocenters. The Labute approximate surface area is 160 Å². The molecule has 142 valence electrons. The Kier molecular flexibility index (Phi) is 6.47. The lowest BCUT2D eigenvalue weighted by molar-refractivity contribution is -0.124. The molecule has 1 aliphatic carbocycles. The Morgan fingerprint density at radius 3 is 2.41 bits per heavy atom. The first-order valence-corrected chi connectivity index (χ1v) is 9.50. The number of carbonyl (C=O) groups excluding carboxylic acids is 2. The molecule has 0 heterocycles. The minimum absolute atomic E-state index is 0.00105. The first kappa shape index (κ1) is 19.0. The van der Waals surface area contributed by atoms with Crippen molar-refractivity contribution in [3.05, 3.63) is 60.2 Å². The number of ether oxygens (including phenoxy) is 1. The van der Waals surface area contributed by atoms with Crippen molar-refractivity contribution < 1.29 is 14.3 Å². The maximum absolute atomic E-state index is 12.1. The topological polar surface area (TPSA) is 67.4 Å². The summed E-state index contributed by atoms with van der Waals surface area (Å²) in [5, 5.41) is 5.91. The van der Waals surface area contributed by atoms with Crippen molar-refractivity contribution in [3.8, 4) is 5.75 Å². The number of nitrogens with one attached hydrogen (secondary N) is 2. The summed E-state index contributed by atoms with van der Waals surface area (Å²) in [4.78, 5) is 24.2. The van der Waals surface area contributed by atoms with Crippen LogP contribution in [-0.4, -0.2) is 24.5 Å². The largest absolute Gasteiger partial charge is 0.484 e. The van der Waals surface area contributed by atoms with Crippen molar-refractivity contribution in [1.29, 1.82) is 0 Å².